The largest absolute Gasteiger partial charge is 0.497 e. The Hall–Kier alpha value is -3.13. The van der Waals surface area contributed by atoms with Crippen LogP contribution in [0, 0.1) is 0 Å². The molecule has 0 unspecified atom stereocenters. The molecule has 29 heavy (non-hydrogen) atoms. The molecule has 4 rings (SSSR count). The molecule has 1 aliphatic rings. The lowest BCUT2D eigenvalue weighted by Crippen LogP contribution is -2.36. The lowest BCUT2D eigenvalue weighted by molar-refractivity contribution is -0.118. The molecule has 1 aromatic heterocycles. The normalized spacial score (nSPS) is 15.0. The van der Waals surface area contributed by atoms with Crippen LogP contribution in [0.4, 0.5) is 5.69 Å². The second kappa shape index (κ2) is 8.08. The fourth-order valence-corrected chi connectivity index (χ4v) is 3.76. The lowest BCUT2D eigenvalue weighted by Gasteiger charge is -2.30. The summed E-state index contributed by atoms with van der Waals surface area (Å²) in [6.07, 6.45) is -0.721. The number of amides is 1. The van der Waals surface area contributed by atoms with Crippen molar-refractivity contribution in [3.63, 3.8) is 0 Å². The van der Waals surface area contributed by atoms with Crippen molar-refractivity contribution in [2.45, 2.75) is 25.2 Å². The van der Waals surface area contributed by atoms with Crippen LogP contribution >= 0.6 is 11.8 Å². The first kappa shape index (κ1) is 19.2. The number of hydrogen-bond donors (Lipinski definition) is 0. The van der Waals surface area contributed by atoms with Crippen molar-refractivity contribution in [2.75, 3.05) is 17.8 Å². The second-order valence-corrected chi connectivity index (χ2v) is 7.57. The van der Waals surface area contributed by atoms with Gasteiger partial charge in [0.15, 0.2) is 5.69 Å². The second-order valence-electron chi connectivity index (χ2n) is 6.33. The minimum Gasteiger partial charge on any atom is -0.497 e. The Morgan fingerprint density at radius 1 is 1.21 bits per heavy atom. The van der Waals surface area contributed by atoms with Gasteiger partial charge >= 0.3 is 0 Å². The Bertz CT molecular complexity index is 1060. The van der Waals surface area contributed by atoms with Gasteiger partial charge in [-0.05, 0) is 24.0 Å². The first-order valence-electron chi connectivity index (χ1n) is 9.19. The highest BCUT2D eigenvalue weighted by atomic mass is 32.2. The maximum absolute atomic E-state index is 12.7. The van der Waals surface area contributed by atoms with E-state index in [2.05, 4.69) is 15.2 Å². The smallest absolute Gasteiger partial charge is 0.247 e. The first-order valence-corrected chi connectivity index (χ1v) is 10.2. The number of nitrogens with zero attached hydrogens (tertiary/aromatic N) is 4. The monoisotopic (exact) mass is 408 g/mol. The standard InChI is InChI=1S/C21H20N4O3S/c1-4-29-21-22-19-18(23-24-21)16-10-5-6-11-17(16)25(13(2)26)20(28-19)14-8-7-9-15(12-14)27-3/h5-12,20H,4H2,1-3H3/t20-/m0/s1. The maximum Gasteiger partial charge on any atom is 0.247 e. The maximum atomic E-state index is 12.7. The summed E-state index contributed by atoms with van der Waals surface area (Å²) < 4.78 is 11.7. The number of carbonyl (C=O) groups excluding carboxylic acids is 1. The summed E-state index contributed by atoms with van der Waals surface area (Å²) in [5.74, 6) is 1.68. The van der Waals surface area contributed by atoms with Crippen LogP contribution in [0.1, 0.15) is 25.6 Å². The predicted molar refractivity (Wildman–Crippen MR) is 111 cm³/mol. The molecule has 1 aliphatic heterocycles. The summed E-state index contributed by atoms with van der Waals surface area (Å²) in [7, 11) is 1.60. The van der Waals surface area contributed by atoms with Crippen molar-refractivity contribution in [3.05, 3.63) is 54.1 Å². The number of carbonyl (C=O) groups is 1. The first-order chi connectivity index (χ1) is 14.1. The number of ether oxygens (including phenoxy) is 2. The number of fused-ring (bicyclic) bond motifs is 3. The number of thioether (sulfide) groups is 1. The van der Waals surface area contributed by atoms with E-state index in [1.807, 2.05) is 55.5 Å². The minimum atomic E-state index is -0.721. The third-order valence-corrected chi connectivity index (χ3v) is 5.22. The highest BCUT2D eigenvalue weighted by Gasteiger charge is 2.34. The average molecular weight is 408 g/mol. The van der Waals surface area contributed by atoms with E-state index in [0.29, 0.717) is 28.2 Å². The third kappa shape index (κ3) is 3.63. The molecule has 0 bridgehead atoms. The van der Waals surface area contributed by atoms with E-state index >= 15 is 0 Å². The van der Waals surface area contributed by atoms with Crippen molar-refractivity contribution >= 4 is 23.4 Å². The third-order valence-electron chi connectivity index (χ3n) is 4.50. The molecule has 0 N–H and O–H groups in total. The zero-order valence-corrected chi connectivity index (χ0v) is 17.1. The topological polar surface area (TPSA) is 77.4 Å². The van der Waals surface area contributed by atoms with Crippen LogP contribution in [0.15, 0.2) is 53.7 Å². The molecule has 0 saturated carbocycles. The van der Waals surface area contributed by atoms with E-state index in [1.54, 1.807) is 12.0 Å². The van der Waals surface area contributed by atoms with Crippen LogP contribution in [0.25, 0.3) is 11.3 Å². The number of para-hydroxylation sites is 1. The van der Waals surface area contributed by atoms with Gasteiger partial charge in [0.05, 0.1) is 12.8 Å². The fraction of sp³-hybridized carbons (Fsp3) is 0.238. The van der Waals surface area contributed by atoms with Crippen molar-refractivity contribution in [1.82, 2.24) is 15.2 Å². The van der Waals surface area contributed by atoms with Crippen molar-refractivity contribution in [2.24, 2.45) is 0 Å². The van der Waals surface area contributed by atoms with Crippen LogP contribution in [-0.4, -0.2) is 34.0 Å². The summed E-state index contributed by atoms with van der Waals surface area (Å²) in [5.41, 5.74) is 2.72. The number of hydrogen-bond acceptors (Lipinski definition) is 7. The summed E-state index contributed by atoms with van der Waals surface area (Å²) >= 11 is 1.48. The molecule has 8 heteroatoms. The van der Waals surface area contributed by atoms with Gasteiger partial charge in [-0.3, -0.25) is 9.69 Å². The Balaban J connectivity index is 1.94. The highest BCUT2D eigenvalue weighted by molar-refractivity contribution is 7.99. The van der Waals surface area contributed by atoms with Crippen LogP contribution in [0.2, 0.25) is 0 Å². The van der Waals surface area contributed by atoms with Crippen LogP contribution in [0.5, 0.6) is 11.6 Å². The molecule has 0 spiro atoms. The quantitative estimate of drug-likeness (QED) is 0.601. The Labute approximate surface area is 173 Å². The number of methoxy groups -OCH3 is 1. The van der Waals surface area contributed by atoms with E-state index in [1.165, 1.54) is 18.7 Å². The van der Waals surface area contributed by atoms with Crippen molar-refractivity contribution in [3.8, 4) is 22.9 Å². The molecule has 1 atom stereocenters. The zero-order valence-electron chi connectivity index (χ0n) is 16.3. The molecule has 0 aliphatic carbocycles. The molecule has 7 nitrogen and oxygen atoms in total. The van der Waals surface area contributed by atoms with Crippen LogP contribution < -0.4 is 14.4 Å². The number of benzene rings is 2. The molecule has 0 fully saturated rings. The predicted octanol–water partition coefficient (Wildman–Crippen LogP) is 4.10. The molecule has 0 saturated heterocycles. The van der Waals surface area contributed by atoms with Crippen LogP contribution in [0.3, 0.4) is 0 Å². The van der Waals surface area contributed by atoms with E-state index in [0.717, 1.165) is 16.9 Å². The summed E-state index contributed by atoms with van der Waals surface area (Å²) in [4.78, 5) is 18.9. The van der Waals surface area contributed by atoms with Crippen molar-refractivity contribution in [1.29, 1.82) is 0 Å². The van der Waals surface area contributed by atoms with Gasteiger partial charge in [0.1, 0.15) is 5.75 Å². The molecule has 3 aromatic rings. The molecule has 1 amide bonds. The van der Waals surface area contributed by atoms with Gasteiger partial charge in [0.2, 0.25) is 23.2 Å². The molecule has 0 radical (unpaired) electrons. The summed E-state index contributed by atoms with van der Waals surface area (Å²) in [6.45, 7) is 3.53. The van der Waals surface area contributed by atoms with Crippen molar-refractivity contribution < 1.29 is 14.3 Å². The van der Waals surface area contributed by atoms with Crippen LogP contribution in [-0.2, 0) is 4.79 Å². The fourth-order valence-electron chi connectivity index (χ4n) is 3.25. The zero-order chi connectivity index (χ0) is 20.4. The lowest BCUT2D eigenvalue weighted by atomic mass is 10.1. The summed E-state index contributed by atoms with van der Waals surface area (Å²) in [5, 5.41) is 9.12. The molecular weight excluding hydrogens is 388 g/mol. The molecular formula is C21H20N4O3S. The molecule has 2 aromatic carbocycles. The minimum absolute atomic E-state index is 0.158. The SMILES string of the molecule is CCSc1nnc2c(n1)O[C@@H](c1cccc(OC)c1)N(C(C)=O)c1ccccc1-2. The number of anilines is 1. The highest BCUT2D eigenvalue weighted by Crippen LogP contribution is 2.43. The van der Waals surface area contributed by atoms with Gasteiger partial charge in [-0.2, -0.15) is 4.98 Å². The van der Waals surface area contributed by atoms with Gasteiger partial charge in [0, 0.05) is 18.1 Å². The summed E-state index contributed by atoms with van der Waals surface area (Å²) in [6, 6.07) is 15.0. The van der Waals surface area contributed by atoms with Gasteiger partial charge < -0.3 is 9.47 Å². The van der Waals surface area contributed by atoms with E-state index in [-0.39, 0.29) is 5.91 Å². The molecule has 148 valence electrons. The Kier molecular flexibility index (Phi) is 5.35. The average Bonchev–Trinajstić information content (AvgIpc) is 2.88. The Morgan fingerprint density at radius 3 is 2.79 bits per heavy atom. The number of rotatable bonds is 4. The van der Waals surface area contributed by atoms with Gasteiger partial charge in [-0.15, -0.1) is 10.2 Å². The molecule has 2 heterocycles. The number of aromatic nitrogens is 3. The van der Waals surface area contributed by atoms with E-state index < -0.39 is 6.23 Å². The van der Waals surface area contributed by atoms with E-state index in [4.69, 9.17) is 9.47 Å². The van der Waals surface area contributed by atoms with E-state index in [9.17, 15) is 4.79 Å². The van der Waals surface area contributed by atoms with Gasteiger partial charge in [-0.1, -0.05) is 49.0 Å². The van der Waals surface area contributed by atoms with Gasteiger partial charge in [-0.25, -0.2) is 0 Å². The van der Waals surface area contributed by atoms with Gasteiger partial charge in [0.25, 0.3) is 0 Å². The Morgan fingerprint density at radius 2 is 2.03 bits per heavy atom.